The largest absolute Gasteiger partial charge is 0.490 e. The fourth-order valence-corrected chi connectivity index (χ4v) is 2.20. The van der Waals surface area contributed by atoms with Crippen LogP contribution in [0.5, 0.6) is 11.5 Å². The molecule has 1 saturated carbocycles. The van der Waals surface area contributed by atoms with E-state index in [4.69, 9.17) is 14.6 Å². The molecule has 1 N–H and O–H groups in total. The van der Waals surface area contributed by atoms with Gasteiger partial charge in [0, 0.05) is 0 Å². The van der Waals surface area contributed by atoms with Crippen molar-refractivity contribution >= 4 is 0 Å². The molecule has 0 unspecified atom stereocenters. The van der Waals surface area contributed by atoms with Gasteiger partial charge in [-0.15, -0.1) is 0 Å². The fourth-order valence-electron chi connectivity index (χ4n) is 2.20. The normalized spacial score (nSPS) is 16.1. The summed E-state index contributed by atoms with van der Waals surface area (Å²) in [6, 6.07) is 5.62. The first-order valence-electron chi connectivity index (χ1n) is 6.36. The van der Waals surface area contributed by atoms with E-state index in [0.29, 0.717) is 12.7 Å². The number of hydrogen-bond donors (Lipinski definition) is 1. The molecule has 2 rings (SSSR count). The van der Waals surface area contributed by atoms with Crippen molar-refractivity contribution in [3.05, 3.63) is 23.8 Å². The standard InChI is InChI=1S/C14H20O3/c1-2-16-13-8-7-11(10-15)9-14(13)17-12-5-3-4-6-12/h7-9,12,15H,2-6,10H2,1H3. The highest BCUT2D eigenvalue weighted by atomic mass is 16.5. The first kappa shape index (κ1) is 12.2. The van der Waals surface area contributed by atoms with Crippen molar-refractivity contribution < 1.29 is 14.6 Å². The highest BCUT2D eigenvalue weighted by molar-refractivity contribution is 5.43. The van der Waals surface area contributed by atoms with Gasteiger partial charge in [-0.1, -0.05) is 6.07 Å². The zero-order valence-electron chi connectivity index (χ0n) is 10.3. The smallest absolute Gasteiger partial charge is 0.161 e. The van der Waals surface area contributed by atoms with Crippen LogP contribution in [-0.2, 0) is 6.61 Å². The first-order chi connectivity index (χ1) is 8.33. The van der Waals surface area contributed by atoms with Gasteiger partial charge in [0.2, 0.25) is 0 Å². The van der Waals surface area contributed by atoms with Gasteiger partial charge in [-0.05, 0) is 50.3 Å². The molecule has 1 aromatic rings. The second-order valence-corrected chi connectivity index (χ2v) is 4.40. The number of hydrogen-bond acceptors (Lipinski definition) is 3. The Balaban J connectivity index is 2.14. The molecule has 3 nitrogen and oxygen atoms in total. The SMILES string of the molecule is CCOc1ccc(CO)cc1OC1CCCC1. The summed E-state index contributed by atoms with van der Waals surface area (Å²) in [7, 11) is 0. The average Bonchev–Trinajstić information content (AvgIpc) is 2.84. The van der Waals surface area contributed by atoms with Crippen LogP contribution in [0.1, 0.15) is 38.2 Å². The minimum absolute atomic E-state index is 0.0352. The van der Waals surface area contributed by atoms with Crippen LogP contribution in [0.3, 0.4) is 0 Å². The maximum atomic E-state index is 9.15. The molecule has 3 heteroatoms. The molecule has 1 aromatic carbocycles. The van der Waals surface area contributed by atoms with E-state index in [2.05, 4.69) is 0 Å². The van der Waals surface area contributed by atoms with Gasteiger partial charge in [0.15, 0.2) is 11.5 Å². The highest BCUT2D eigenvalue weighted by Crippen LogP contribution is 2.32. The van der Waals surface area contributed by atoms with Crippen molar-refractivity contribution in [1.29, 1.82) is 0 Å². The Kier molecular flexibility index (Phi) is 4.26. The minimum atomic E-state index is 0.0352. The average molecular weight is 236 g/mol. The lowest BCUT2D eigenvalue weighted by Gasteiger charge is -2.17. The second-order valence-electron chi connectivity index (χ2n) is 4.40. The zero-order chi connectivity index (χ0) is 12.1. The Morgan fingerprint density at radius 1 is 1.24 bits per heavy atom. The molecule has 0 radical (unpaired) electrons. The van der Waals surface area contributed by atoms with Crippen molar-refractivity contribution in [3.63, 3.8) is 0 Å². The number of aliphatic hydroxyl groups is 1. The van der Waals surface area contributed by atoms with Crippen LogP contribution in [0.25, 0.3) is 0 Å². The van der Waals surface area contributed by atoms with Crippen molar-refractivity contribution in [3.8, 4) is 11.5 Å². The second kappa shape index (κ2) is 5.92. The van der Waals surface area contributed by atoms with Gasteiger partial charge in [0.05, 0.1) is 19.3 Å². The van der Waals surface area contributed by atoms with E-state index in [0.717, 1.165) is 29.9 Å². The number of aliphatic hydroxyl groups excluding tert-OH is 1. The van der Waals surface area contributed by atoms with Gasteiger partial charge in [-0.3, -0.25) is 0 Å². The van der Waals surface area contributed by atoms with E-state index in [1.165, 1.54) is 12.8 Å². The number of rotatable bonds is 5. The quantitative estimate of drug-likeness (QED) is 0.854. The fraction of sp³-hybridized carbons (Fsp3) is 0.571. The van der Waals surface area contributed by atoms with E-state index >= 15 is 0 Å². The predicted molar refractivity (Wildman–Crippen MR) is 66.4 cm³/mol. The lowest BCUT2D eigenvalue weighted by atomic mass is 10.2. The van der Waals surface area contributed by atoms with Crippen LogP contribution in [0, 0.1) is 0 Å². The van der Waals surface area contributed by atoms with E-state index in [-0.39, 0.29) is 6.61 Å². The molecule has 0 aromatic heterocycles. The summed E-state index contributed by atoms with van der Waals surface area (Å²) in [4.78, 5) is 0. The van der Waals surface area contributed by atoms with Crippen LogP contribution < -0.4 is 9.47 Å². The lowest BCUT2D eigenvalue weighted by Crippen LogP contribution is -2.12. The Bertz CT molecular complexity index is 356. The summed E-state index contributed by atoms with van der Waals surface area (Å²) in [5.41, 5.74) is 0.862. The van der Waals surface area contributed by atoms with Gasteiger partial charge in [-0.25, -0.2) is 0 Å². The Morgan fingerprint density at radius 3 is 2.65 bits per heavy atom. The van der Waals surface area contributed by atoms with E-state index in [1.54, 1.807) is 0 Å². The summed E-state index contributed by atoms with van der Waals surface area (Å²) in [5.74, 6) is 1.54. The van der Waals surface area contributed by atoms with Gasteiger partial charge in [0.1, 0.15) is 0 Å². The molecule has 94 valence electrons. The molecule has 0 bridgehead atoms. The molecule has 0 spiro atoms. The number of ether oxygens (including phenoxy) is 2. The molecular weight excluding hydrogens is 216 g/mol. The van der Waals surface area contributed by atoms with Crippen molar-refractivity contribution in [2.24, 2.45) is 0 Å². The van der Waals surface area contributed by atoms with Crippen LogP contribution in [0.15, 0.2) is 18.2 Å². The van der Waals surface area contributed by atoms with Gasteiger partial charge in [0.25, 0.3) is 0 Å². The molecule has 17 heavy (non-hydrogen) atoms. The van der Waals surface area contributed by atoms with Crippen molar-refractivity contribution in [2.45, 2.75) is 45.3 Å². The molecular formula is C14H20O3. The van der Waals surface area contributed by atoms with Crippen LogP contribution in [0.4, 0.5) is 0 Å². The third kappa shape index (κ3) is 3.13. The topological polar surface area (TPSA) is 38.7 Å². The maximum absolute atomic E-state index is 9.15. The summed E-state index contributed by atoms with van der Waals surface area (Å²) in [5, 5.41) is 9.15. The van der Waals surface area contributed by atoms with Crippen LogP contribution in [-0.4, -0.2) is 17.8 Å². The molecule has 1 aliphatic rings. The van der Waals surface area contributed by atoms with Crippen LogP contribution >= 0.6 is 0 Å². The first-order valence-corrected chi connectivity index (χ1v) is 6.36. The molecule has 0 aliphatic heterocycles. The minimum Gasteiger partial charge on any atom is -0.490 e. The molecule has 1 fully saturated rings. The summed E-state index contributed by atoms with van der Waals surface area (Å²) >= 11 is 0. The molecule has 0 saturated heterocycles. The third-order valence-corrected chi connectivity index (χ3v) is 3.09. The Hall–Kier alpha value is -1.22. The Morgan fingerprint density at radius 2 is 2.00 bits per heavy atom. The molecule has 0 amide bonds. The van der Waals surface area contributed by atoms with E-state index in [1.807, 2.05) is 25.1 Å². The van der Waals surface area contributed by atoms with Gasteiger partial charge < -0.3 is 14.6 Å². The van der Waals surface area contributed by atoms with Crippen molar-refractivity contribution in [1.82, 2.24) is 0 Å². The third-order valence-electron chi connectivity index (χ3n) is 3.09. The molecule has 0 heterocycles. The monoisotopic (exact) mass is 236 g/mol. The predicted octanol–water partition coefficient (Wildman–Crippen LogP) is 2.90. The molecule has 1 aliphatic carbocycles. The Labute approximate surface area is 102 Å². The van der Waals surface area contributed by atoms with E-state index in [9.17, 15) is 0 Å². The molecule has 0 atom stereocenters. The van der Waals surface area contributed by atoms with Gasteiger partial charge >= 0.3 is 0 Å². The van der Waals surface area contributed by atoms with Gasteiger partial charge in [-0.2, -0.15) is 0 Å². The summed E-state index contributed by atoms with van der Waals surface area (Å²) in [6.45, 7) is 2.62. The summed E-state index contributed by atoms with van der Waals surface area (Å²) < 4.78 is 11.5. The van der Waals surface area contributed by atoms with Crippen LogP contribution in [0.2, 0.25) is 0 Å². The van der Waals surface area contributed by atoms with Crippen molar-refractivity contribution in [2.75, 3.05) is 6.61 Å². The highest BCUT2D eigenvalue weighted by Gasteiger charge is 2.18. The maximum Gasteiger partial charge on any atom is 0.161 e. The number of benzene rings is 1. The zero-order valence-corrected chi connectivity index (χ0v) is 10.3. The van der Waals surface area contributed by atoms with E-state index < -0.39 is 0 Å². The summed E-state index contributed by atoms with van der Waals surface area (Å²) in [6.07, 6.45) is 5.04. The lowest BCUT2D eigenvalue weighted by molar-refractivity contribution is 0.195.